The Morgan fingerprint density at radius 1 is 1.21 bits per heavy atom. The molecule has 0 saturated heterocycles. The lowest BCUT2D eigenvalue weighted by Gasteiger charge is -2.22. The van der Waals surface area contributed by atoms with E-state index in [1.807, 2.05) is 17.8 Å². The van der Waals surface area contributed by atoms with Gasteiger partial charge in [-0.3, -0.25) is 4.79 Å². The summed E-state index contributed by atoms with van der Waals surface area (Å²) < 4.78 is 2.06. The zero-order valence-electron chi connectivity index (χ0n) is 17.1. The molecule has 0 unspecified atom stereocenters. The first kappa shape index (κ1) is 22.0. The van der Waals surface area contributed by atoms with Gasteiger partial charge in [-0.2, -0.15) is 0 Å². The summed E-state index contributed by atoms with van der Waals surface area (Å²) in [4.78, 5) is 12.3. The molecule has 156 valence electrons. The molecule has 0 bridgehead atoms. The molecule has 0 aliphatic heterocycles. The molecule has 2 aromatic rings. The fourth-order valence-electron chi connectivity index (χ4n) is 3.44. The number of nitrogens with one attached hydrogen (secondary N) is 1. The van der Waals surface area contributed by atoms with Gasteiger partial charge in [0.1, 0.15) is 5.82 Å². The zero-order valence-corrected chi connectivity index (χ0v) is 18.7. The number of hydrogen-bond acceptors (Lipinski definition) is 5. The first-order valence-corrected chi connectivity index (χ1v) is 12.4. The summed E-state index contributed by atoms with van der Waals surface area (Å²) in [5.41, 5.74) is 2.59. The van der Waals surface area contributed by atoms with Crippen LogP contribution in [-0.2, 0) is 22.8 Å². The van der Waals surface area contributed by atoms with E-state index < -0.39 is 0 Å². The summed E-state index contributed by atoms with van der Waals surface area (Å²) >= 11 is 3.28. The molecule has 1 aromatic carbocycles. The summed E-state index contributed by atoms with van der Waals surface area (Å²) in [7, 11) is 0. The minimum absolute atomic E-state index is 0.0883. The van der Waals surface area contributed by atoms with E-state index in [1.165, 1.54) is 42.2 Å². The van der Waals surface area contributed by atoms with Gasteiger partial charge in [0.2, 0.25) is 5.91 Å². The number of carbonyl (C=O) groups is 1. The molecule has 1 saturated carbocycles. The largest absolute Gasteiger partial charge is 0.353 e. The second-order valence-electron chi connectivity index (χ2n) is 7.47. The van der Waals surface area contributed by atoms with E-state index in [-0.39, 0.29) is 5.91 Å². The number of rotatable bonds is 10. The van der Waals surface area contributed by atoms with Gasteiger partial charge >= 0.3 is 0 Å². The number of hydrogen-bond donors (Lipinski definition) is 1. The maximum Gasteiger partial charge on any atom is 0.230 e. The number of allylic oxidation sites excluding steroid dienone is 1. The Labute approximate surface area is 182 Å². The molecule has 7 heteroatoms. The van der Waals surface area contributed by atoms with Crippen molar-refractivity contribution < 1.29 is 4.79 Å². The van der Waals surface area contributed by atoms with E-state index in [2.05, 4.69) is 57.8 Å². The Morgan fingerprint density at radius 2 is 1.97 bits per heavy atom. The fourth-order valence-corrected chi connectivity index (χ4v) is 5.14. The summed E-state index contributed by atoms with van der Waals surface area (Å²) in [5.74, 6) is 3.11. The van der Waals surface area contributed by atoms with Crippen molar-refractivity contribution in [3.8, 4) is 0 Å². The van der Waals surface area contributed by atoms with Crippen molar-refractivity contribution in [3.05, 3.63) is 53.9 Å². The van der Waals surface area contributed by atoms with Crippen LogP contribution in [0.4, 0.5) is 0 Å². The lowest BCUT2D eigenvalue weighted by Crippen LogP contribution is -2.37. The lowest BCUT2D eigenvalue weighted by atomic mass is 9.95. The topological polar surface area (TPSA) is 59.8 Å². The molecule has 1 aliphatic carbocycles. The van der Waals surface area contributed by atoms with Crippen molar-refractivity contribution in [1.29, 1.82) is 0 Å². The summed E-state index contributed by atoms with van der Waals surface area (Å²) in [5, 5.41) is 12.6. The highest BCUT2D eigenvalue weighted by Crippen LogP contribution is 2.23. The van der Waals surface area contributed by atoms with Crippen molar-refractivity contribution in [2.45, 2.75) is 68.3 Å². The number of benzene rings is 1. The first-order valence-electron chi connectivity index (χ1n) is 10.2. The Balaban J connectivity index is 1.51. The Hall–Kier alpha value is -1.73. The van der Waals surface area contributed by atoms with Crippen molar-refractivity contribution in [2.75, 3.05) is 5.75 Å². The van der Waals surface area contributed by atoms with Gasteiger partial charge in [0, 0.05) is 18.3 Å². The van der Waals surface area contributed by atoms with E-state index in [9.17, 15) is 4.79 Å². The van der Waals surface area contributed by atoms with Gasteiger partial charge in [-0.25, -0.2) is 0 Å². The van der Waals surface area contributed by atoms with Crippen LogP contribution in [0, 0.1) is 6.92 Å². The highest BCUT2D eigenvalue weighted by atomic mass is 32.2. The number of carbonyl (C=O) groups excluding carboxylic acids is 1. The number of thioether (sulfide) groups is 2. The molecular formula is C22H30N4OS2. The highest BCUT2D eigenvalue weighted by Gasteiger charge is 2.17. The molecule has 0 radical (unpaired) electrons. The summed E-state index contributed by atoms with van der Waals surface area (Å²) in [6.07, 6.45) is 7.78. The van der Waals surface area contributed by atoms with Gasteiger partial charge in [-0.15, -0.1) is 28.5 Å². The van der Waals surface area contributed by atoms with Crippen LogP contribution >= 0.6 is 23.5 Å². The molecule has 0 spiro atoms. The van der Waals surface area contributed by atoms with E-state index in [1.54, 1.807) is 0 Å². The van der Waals surface area contributed by atoms with Gasteiger partial charge in [-0.05, 0) is 25.3 Å². The predicted octanol–water partition coefficient (Wildman–Crippen LogP) is 4.75. The summed E-state index contributed by atoms with van der Waals surface area (Å²) in [6.45, 7) is 6.61. The van der Waals surface area contributed by atoms with Crippen LogP contribution in [0.25, 0.3) is 0 Å². The van der Waals surface area contributed by atoms with Crippen LogP contribution < -0.4 is 5.32 Å². The van der Waals surface area contributed by atoms with Crippen LogP contribution in [0.2, 0.25) is 0 Å². The van der Waals surface area contributed by atoms with Crippen LogP contribution in [0.3, 0.4) is 0 Å². The smallest absolute Gasteiger partial charge is 0.230 e. The molecule has 3 rings (SSSR count). The van der Waals surface area contributed by atoms with Crippen LogP contribution in [-0.4, -0.2) is 32.5 Å². The maximum absolute atomic E-state index is 12.3. The molecule has 1 heterocycles. The van der Waals surface area contributed by atoms with Gasteiger partial charge in [-0.1, -0.05) is 66.9 Å². The third-order valence-electron chi connectivity index (χ3n) is 5.03. The molecule has 29 heavy (non-hydrogen) atoms. The van der Waals surface area contributed by atoms with Crippen LogP contribution in [0.5, 0.6) is 0 Å². The molecule has 1 N–H and O–H groups in total. The Bertz CT molecular complexity index is 798. The quantitative estimate of drug-likeness (QED) is 0.435. The molecular weight excluding hydrogens is 400 g/mol. The van der Waals surface area contributed by atoms with Gasteiger partial charge in [0.25, 0.3) is 0 Å². The molecule has 1 aromatic heterocycles. The SMILES string of the molecule is C=CCn1c(CSCc2ccc(C)cc2)nnc1SCC(=O)NC1CCCCC1. The lowest BCUT2D eigenvalue weighted by molar-refractivity contribution is -0.119. The number of nitrogens with zero attached hydrogens (tertiary/aromatic N) is 3. The number of aryl methyl sites for hydroxylation is 1. The zero-order chi connectivity index (χ0) is 20.5. The second kappa shape index (κ2) is 11.5. The minimum Gasteiger partial charge on any atom is -0.353 e. The summed E-state index contributed by atoms with van der Waals surface area (Å²) in [6, 6.07) is 8.97. The highest BCUT2D eigenvalue weighted by molar-refractivity contribution is 7.99. The Morgan fingerprint density at radius 3 is 2.69 bits per heavy atom. The molecule has 0 atom stereocenters. The molecule has 5 nitrogen and oxygen atoms in total. The third kappa shape index (κ3) is 6.93. The van der Waals surface area contributed by atoms with E-state index in [4.69, 9.17) is 0 Å². The van der Waals surface area contributed by atoms with Crippen molar-refractivity contribution in [2.24, 2.45) is 0 Å². The van der Waals surface area contributed by atoms with E-state index in [0.29, 0.717) is 18.3 Å². The van der Waals surface area contributed by atoms with Crippen molar-refractivity contribution in [3.63, 3.8) is 0 Å². The van der Waals surface area contributed by atoms with Crippen molar-refractivity contribution >= 4 is 29.4 Å². The average molecular weight is 431 g/mol. The number of aromatic nitrogens is 3. The van der Waals surface area contributed by atoms with Gasteiger partial charge < -0.3 is 9.88 Å². The molecule has 1 amide bonds. The predicted molar refractivity (Wildman–Crippen MR) is 122 cm³/mol. The Kier molecular flexibility index (Phi) is 8.68. The van der Waals surface area contributed by atoms with Gasteiger partial charge in [0.05, 0.1) is 11.5 Å². The van der Waals surface area contributed by atoms with E-state index >= 15 is 0 Å². The number of amides is 1. The van der Waals surface area contributed by atoms with Crippen LogP contribution in [0.15, 0.2) is 42.1 Å². The monoisotopic (exact) mass is 430 g/mol. The molecule has 1 fully saturated rings. The second-order valence-corrected chi connectivity index (χ2v) is 9.40. The van der Waals surface area contributed by atoms with Gasteiger partial charge in [0.15, 0.2) is 5.16 Å². The molecule has 1 aliphatic rings. The normalized spacial score (nSPS) is 14.7. The van der Waals surface area contributed by atoms with E-state index in [0.717, 1.165) is 35.3 Å². The first-order chi connectivity index (χ1) is 14.2. The van der Waals surface area contributed by atoms with Crippen molar-refractivity contribution in [1.82, 2.24) is 20.1 Å². The fraction of sp³-hybridized carbons (Fsp3) is 0.500. The minimum atomic E-state index is 0.0883. The van der Waals surface area contributed by atoms with Crippen LogP contribution in [0.1, 0.15) is 49.1 Å². The maximum atomic E-state index is 12.3. The standard InChI is InChI=1S/C22H30N4OS2/c1-3-13-26-20(15-28-14-18-11-9-17(2)10-12-18)24-25-22(26)29-16-21(27)23-19-7-5-4-6-8-19/h3,9-12,19H,1,4-8,13-16H2,2H3,(H,23,27). The average Bonchev–Trinajstić information content (AvgIpc) is 3.11. The third-order valence-corrected chi connectivity index (χ3v) is 6.99.